The van der Waals surface area contributed by atoms with Crippen molar-refractivity contribution in [3.63, 3.8) is 0 Å². The van der Waals surface area contributed by atoms with Crippen LogP contribution < -0.4 is 21.6 Å². The maximum absolute atomic E-state index is 15.2. The maximum atomic E-state index is 15.2. The van der Waals surface area contributed by atoms with Gasteiger partial charge in [0.05, 0.1) is 30.0 Å². The van der Waals surface area contributed by atoms with Gasteiger partial charge in [-0.2, -0.15) is 0 Å². The molecule has 2 fully saturated rings. The largest absolute Gasteiger partial charge is 0.477 e. The first-order chi connectivity index (χ1) is 20.1. The minimum atomic E-state index is -1.37. The average molecular weight is 585 g/mol. The van der Waals surface area contributed by atoms with Gasteiger partial charge in [-0.05, 0) is 24.6 Å². The summed E-state index contributed by atoms with van der Waals surface area (Å²) in [6.45, 7) is 3.71. The fraction of sp³-hybridized carbons (Fsp3) is 0.462. The van der Waals surface area contributed by atoms with Crippen LogP contribution in [0.1, 0.15) is 35.5 Å². The summed E-state index contributed by atoms with van der Waals surface area (Å²) in [6.07, 6.45) is 1.22. The van der Waals surface area contributed by atoms with Crippen LogP contribution >= 0.6 is 0 Å². The number of piperazine rings is 1. The van der Waals surface area contributed by atoms with Crippen LogP contribution in [0.15, 0.2) is 44.0 Å². The van der Waals surface area contributed by atoms with Gasteiger partial charge in [0.2, 0.25) is 5.43 Å². The standard InChI is InChI=1S/C26H29FN8O7/c1-2-33-12-16(25(39)40)23(37)15-7-17(27)20(9-19(15)33)34-5-3-32(4-6-34)10-14-11-35(26(41)29-24(14)38)22-8-18(30-31-28)21(13-36)42-22/h7,9,11-12,18,21-22,36H,2-6,8,10,13H2,1H3,(H,39,40)(H,29,38,41). The topological polar surface area (TPSA) is 199 Å². The smallest absolute Gasteiger partial charge is 0.341 e. The number of fused-ring (bicyclic) bond motifs is 1. The molecule has 3 aromatic rings. The lowest BCUT2D eigenvalue weighted by atomic mass is 10.1. The molecule has 16 heteroatoms. The van der Waals surface area contributed by atoms with E-state index in [2.05, 4.69) is 15.0 Å². The molecule has 0 spiro atoms. The molecule has 3 atom stereocenters. The van der Waals surface area contributed by atoms with Gasteiger partial charge in [-0.3, -0.25) is 24.0 Å². The van der Waals surface area contributed by atoms with Gasteiger partial charge in [-0.1, -0.05) is 5.11 Å². The monoisotopic (exact) mass is 584 g/mol. The Kier molecular flexibility index (Phi) is 8.13. The van der Waals surface area contributed by atoms with Crippen LogP contribution in [-0.4, -0.2) is 80.1 Å². The number of aromatic carboxylic acids is 1. The van der Waals surface area contributed by atoms with Crippen molar-refractivity contribution in [1.29, 1.82) is 0 Å². The minimum absolute atomic E-state index is 0.00622. The highest BCUT2D eigenvalue weighted by Crippen LogP contribution is 2.30. The fourth-order valence-electron chi connectivity index (χ4n) is 5.54. The van der Waals surface area contributed by atoms with Crippen LogP contribution in [0.5, 0.6) is 0 Å². The number of hydrogen-bond acceptors (Lipinski definition) is 9. The highest BCUT2D eigenvalue weighted by molar-refractivity contribution is 5.93. The van der Waals surface area contributed by atoms with Crippen LogP contribution in [0.3, 0.4) is 0 Å². The third kappa shape index (κ3) is 5.39. The number of rotatable bonds is 8. The van der Waals surface area contributed by atoms with E-state index < -0.39 is 59.0 Å². The molecule has 0 radical (unpaired) electrons. The quantitative estimate of drug-likeness (QED) is 0.196. The summed E-state index contributed by atoms with van der Waals surface area (Å²) in [4.78, 5) is 58.1. The number of aliphatic hydroxyl groups excluding tert-OH is 1. The molecule has 1 aromatic carbocycles. The molecule has 42 heavy (non-hydrogen) atoms. The number of ether oxygens (including phenoxy) is 1. The van der Waals surface area contributed by atoms with Crippen molar-refractivity contribution in [2.75, 3.05) is 37.7 Å². The molecular weight excluding hydrogens is 555 g/mol. The van der Waals surface area contributed by atoms with E-state index in [0.29, 0.717) is 43.8 Å². The Morgan fingerprint density at radius 3 is 2.60 bits per heavy atom. The zero-order chi connectivity index (χ0) is 30.1. The molecule has 0 aliphatic carbocycles. The molecule has 3 unspecified atom stereocenters. The van der Waals surface area contributed by atoms with Gasteiger partial charge in [0.1, 0.15) is 17.6 Å². The van der Waals surface area contributed by atoms with E-state index >= 15 is 4.39 Å². The van der Waals surface area contributed by atoms with E-state index in [0.717, 1.165) is 6.07 Å². The number of pyridine rings is 1. The second-order valence-electron chi connectivity index (χ2n) is 10.2. The van der Waals surface area contributed by atoms with Gasteiger partial charge >= 0.3 is 11.7 Å². The zero-order valence-electron chi connectivity index (χ0n) is 22.6. The number of nitrogens with one attached hydrogen (secondary N) is 1. The van der Waals surface area contributed by atoms with E-state index in [1.807, 2.05) is 9.80 Å². The van der Waals surface area contributed by atoms with Crippen molar-refractivity contribution >= 4 is 22.6 Å². The van der Waals surface area contributed by atoms with Gasteiger partial charge in [0.15, 0.2) is 0 Å². The maximum Gasteiger partial charge on any atom is 0.341 e. The summed E-state index contributed by atoms with van der Waals surface area (Å²) in [5.41, 5.74) is 7.38. The predicted octanol–water partition coefficient (Wildman–Crippen LogP) is 0.990. The van der Waals surface area contributed by atoms with Gasteiger partial charge in [-0.15, -0.1) is 0 Å². The van der Waals surface area contributed by atoms with Crippen LogP contribution in [0.2, 0.25) is 0 Å². The van der Waals surface area contributed by atoms with E-state index in [4.69, 9.17) is 10.3 Å². The third-order valence-electron chi connectivity index (χ3n) is 7.76. The number of carbonyl (C=O) groups is 1. The summed E-state index contributed by atoms with van der Waals surface area (Å²) in [7, 11) is 0. The predicted molar refractivity (Wildman–Crippen MR) is 148 cm³/mol. The van der Waals surface area contributed by atoms with Gasteiger partial charge < -0.3 is 24.4 Å². The third-order valence-corrected chi connectivity index (χ3v) is 7.76. The number of aryl methyl sites for hydroxylation is 1. The van der Waals surface area contributed by atoms with Crippen LogP contribution in [0, 0.1) is 5.82 Å². The number of halogens is 1. The SMILES string of the molecule is CCn1cc(C(=O)O)c(=O)c2cc(F)c(N3CCN(Cc4cn(C5CC(N=[N+]=[N-])C(CO)O5)c(=O)[nH]c4=O)CC3)cc21. The van der Waals surface area contributed by atoms with Crippen LogP contribution in [0.4, 0.5) is 10.1 Å². The Labute approximate surface area is 236 Å². The Morgan fingerprint density at radius 2 is 1.95 bits per heavy atom. The number of benzene rings is 1. The highest BCUT2D eigenvalue weighted by atomic mass is 19.1. The Hall–Kier alpha value is -4.50. The Morgan fingerprint density at radius 1 is 1.21 bits per heavy atom. The Balaban J connectivity index is 1.33. The molecule has 2 aromatic heterocycles. The van der Waals surface area contributed by atoms with E-state index in [-0.39, 0.29) is 24.0 Å². The molecule has 2 saturated heterocycles. The fourth-order valence-corrected chi connectivity index (χ4v) is 5.54. The van der Waals surface area contributed by atoms with Gasteiger partial charge in [0.25, 0.3) is 5.56 Å². The highest BCUT2D eigenvalue weighted by Gasteiger charge is 2.36. The molecular formula is C26H29FN8O7. The van der Waals surface area contributed by atoms with Crippen molar-refractivity contribution in [3.8, 4) is 0 Å². The van der Waals surface area contributed by atoms with Gasteiger partial charge in [-0.25, -0.2) is 14.0 Å². The number of carboxylic acids is 1. The van der Waals surface area contributed by atoms with Crippen molar-refractivity contribution in [3.05, 3.63) is 83.0 Å². The number of H-pyrrole nitrogens is 1. The lowest BCUT2D eigenvalue weighted by Gasteiger charge is -2.36. The second kappa shape index (κ2) is 11.8. The normalized spacial score (nSPS) is 21.0. The van der Waals surface area contributed by atoms with E-state index in [1.54, 1.807) is 17.6 Å². The van der Waals surface area contributed by atoms with Crippen LogP contribution in [0.25, 0.3) is 21.3 Å². The van der Waals surface area contributed by atoms with Crippen LogP contribution in [-0.2, 0) is 17.8 Å². The summed E-state index contributed by atoms with van der Waals surface area (Å²) in [5, 5.41) is 22.5. The first kappa shape index (κ1) is 29.0. The first-order valence-corrected chi connectivity index (χ1v) is 13.4. The molecule has 3 N–H and O–H groups in total. The number of hydrogen-bond donors (Lipinski definition) is 3. The zero-order valence-corrected chi connectivity index (χ0v) is 22.6. The second-order valence-corrected chi connectivity index (χ2v) is 10.2. The summed E-state index contributed by atoms with van der Waals surface area (Å²) >= 11 is 0. The number of carboxylic acid groups (broad SMARTS) is 1. The van der Waals surface area contributed by atoms with Crippen molar-refractivity contribution in [2.45, 2.75) is 44.8 Å². The number of anilines is 1. The Bertz CT molecular complexity index is 1750. The van der Waals surface area contributed by atoms with Gasteiger partial charge in [0, 0.05) is 73.9 Å². The lowest BCUT2D eigenvalue weighted by molar-refractivity contribution is -0.0272. The number of aromatic amines is 1. The molecule has 15 nitrogen and oxygen atoms in total. The van der Waals surface area contributed by atoms with Crippen molar-refractivity contribution < 1.29 is 24.1 Å². The number of aliphatic hydroxyl groups is 1. The summed E-state index contributed by atoms with van der Waals surface area (Å²) in [5.74, 6) is -2.01. The molecule has 2 aliphatic rings. The molecule has 0 bridgehead atoms. The molecule has 222 valence electrons. The first-order valence-electron chi connectivity index (χ1n) is 13.4. The van der Waals surface area contributed by atoms with Crippen molar-refractivity contribution in [2.24, 2.45) is 5.11 Å². The minimum Gasteiger partial charge on any atom is -0.477 e. The number of aromatic nitrogens is 3. The molecule has 2 aliphatic heterocycles. The molecule has 4 heterocycles. The average Bonchev–Trinajstić information content (AvgIpc) is 3.37. The van der Waals surface area contributed by atoms with Crippen molar-refractivity contribution in [1.82, 2.24) is 19.0 Å². The molecule has 0 saturated carbocycles. The summed E-state index contributed by atoms with van der Waals surface area (Å²) in [6, 6.07) is 1.98. The molecule has 0 amide bonds. The molecule has 5 rings (SSSR count). The number of azide groups is 1. The number of nitrogens with zero attached hydrogens (tertiary/aromatic N) is 7. The summed E-state index contributed by atoms with van der Waals surface area (Å²) < 4.78 is 23.7. The van der Waals surface area contributed by atoms with E-state index in [9.17, 15) is 29.4 Å². The lowest BCUT2D eigenvalue weighted by Crippen LogP contribution is -2.47. The van der Waals surface area contributed by atoms with E-state index in [1.165, 1.54) is 17.0 Å².